The lowest BCUT2D eigenvalue weighted by molar-refractivity contribution is -0.116. The molecule has 0 fully saturated rings. The molecule has 1 aromatic heterocycles. The van der Waals surface area contributed by atoms with Gasteiger partial charge in [-0.1, -0.05) is 58.2 Å². The molecule has 1 N–H and O–H groups in total. The van der Waals surface area contributed by atoms with Gasteiger partial charge in [0.2, 0.25) is 17.6 Å². The molecule has 5 nitrogen and oxygen atoms in total. The Kier molecular flexibility index (Phi) is 5.58. The maximum atomic E-state index is 12.1. The Morgan fingerprint density at radius 3 is 2.40 bits per heavy atom. The van der Waals surface area contributed by atoms with Crippen LogP contribution in [-0.2, 0) is 11.2 Å². The molecule has 0 aliphatic carbocycles. The van der Waals surface area contributed by atoms with E-state index >= 15 is 0 Å². The Hall–Kier alpha value is -2.08. The van der Waals surface area contributed by atoms with E-state index in [1.807, 2.05) is 12.1 Å². The van der Waals surface area contributed by atoms with Crippen LogP contribution in [0, 0.1) is 0 Å². The molecular formula is C17H12Cl3N3O2. The van der Waals surface area contributed by atoms with E-state index in [2.05, 4.69) is 15.5 Å². The molecule has 0 aliphatic rings. The fourth-order valence-corrected chi connectivity index (χ4v) is 2.86. The number of halogens is 3. The van der Waals surface area contributed by atoms with Crippen molar-refractivity contribution in [3.05, 3.63) is 63.4 Å². The fraction of sp³-hybridized carbons (Fsp3) is 0.118. The summed E-state index contributed by atoms with van der Waals surface area (Å²) >= 11 is 18.2. The molecule has 0 unspecified atom stereocenters. The van der Waals surface area contributed by atoms with Crippen LogP contribution in [0.25, 0.3) is 11.4 Å². The number of nitrogens with one attached hydrogen (secondary N) is 1. The molecule has 3 aromatic rings. The van der Waals surface area contributed by atoms with Crippen LogP contribution in [0.5, 0.6) is 0 Å². The number of carbonyl (C=O) groups excluding carboxylic acids is 1. The SMILES string of the molecule is O=C(CCc1nc(-c2ccccc2Cl)no1)Nc1c(Cl)cccc1Cl. The van der Waals surface area contributed by atoms with Crippen LogP contribution in [0.15, 0.2) is 47.0 Å². The minimum Gasteiger partial charge on any atom is -0.339 e. The van der Waals surface area contributed by atoms with Crippen molar-refractivity contribution in [1.29, 1.82) is 0 Å². The van der Waals surface area contributed by atoms with Gasteiger partial charge in [-0.15, -0.1) is 0 Å². The first kappa shape index (κ1) is 17.7. The van der Waals surface area contributed by atoms with E-state index in [9.17, 15) is 4.79 Å². The summed E-state index contributed by atoms with van der Waals surface area (Å²) in [5.74, 6) is 0.470. The van der Waals surface area contributed by atoms with Crippen molar-refractivity contribution >= 4 is 46.4 Å². The normalized spacial score (nSPS) is 10.7. The van der Waals surface area contributed by atoms with Crippen LogP contribution in [-0.4, -0.2) is 16.0 Å². The molecule has 1 amide bonds. The highest BCUT2D eigenvalue weighted by molar-refractivity contribution is 6.39. The largest absolute Gasteiger partial charge is 0.339 e. The lowest BCUT2D eigenvalue weighted by Crippen LogP contribution is -2.13. The number of hydrogen-bond donors (Lipinski definition) is 1. The third kappa shape index (κ3) is 4.31. The molecule has 128 valence electrons. The smallest absolute Gasteiger partial charge is 0.227 e. The van der Waals surface area contributed by atoms with Crippen molar-refractivity contribution in [2.45, 2.75) is 12.8 Å². The van der Waals surface area contributed by atoms with Gasteiger partial charge in [0.1, 0.15) is 0 Å². The Bertz CT molecular complexity index is 891. The number of aromatic nitrogens is 2. The maximum absolute atomic E-state index is 12.1. The van der Waals surface area contributed by atoms with E-state index in [0.29, 0.717) is 38.0 Å². The number of anilines is 1. The minimum atomic E-state index is -0.257. The summed E-state index contributed by atoms with van der Waals surface area (Å²) < 4.78 is 5.17. The molecule has 1 heterocycles. The standard InChI is InChI=1S/C17H12Cl3N3O2/c18-11-5-2-1-4-10(11)17-22-15(25-23-17)9-8-14(24)21-16-12(19)6-3-7-13(16)20/h1-7H,8-9H2,(H,21,24). The van der Waals surface area contributed by atoms with E-state index in [4.69, 9.17) is 39.3 Å². The predicted molar refractivity (Wildman–Crippen MR) is 98.2 cm³/mol. The fourth-order valence-electron chi connectivity index (χ4n) is 2.15. The van der Waals surface area contributed by atoms with Gasteiger partial charge in [0.05, 0.1) is 20.8 Å². The third-order valence-corrected chi connectivity index (χ3v) is 4.34. The average Bonchev–Trinajstić information content (AvgIpc) is 3.06. The van der Waals surface area contributed by atoms with Crippen molar-refractivity contribution in [3.8, 4) is 11.4 Å². The molecule has 0 bridgehead atoms. The molecule has 0 saturated heterocycles. The van der Waals surface area contributed by atoms with E-state index in [0.717, 1.165) is 0 Å². The predicted octanol–water partition coefficient (Wildman–Crippen LogP) is 5.27. The first-order chi connectivity index (χ1) is 12.0. The first-order valence-electron chi connectivity index (χ1n) is 7.36. The Morgan fingerprint density at radius 1 is 1.00 bits per heavy atom. The molecule has 0 aliphatic heterocycles. The highest BCUT2D eigenvalue weighted by Crippen LogP contribution is 2.30. The molecule has 3 rings (SSSR count). The summed E-state index contributed by atoms with van der Waals surface area (Å²) in [5.41, 5.74) is 1.06. The van der Waals surface area contributed by atoms with Gasteiger partial charge >= 0.3 is 0 Å². The summed E-state index contributed by atoms with van der Waals surface area (Å²) in [4.78, 5) is 16.3. The molecule has 2 aromatic carbocycles. The van der Waals surface area contributed by atoms with Gasteiger partial charge < -0.3 is 9.84 Å². The van der Waals surface area contributed by atoms with E-state index in [1.54, 1.807) is 30.3 Å². The van der Waals surface area contributed by atoms with Crippen molar-refractivity contribution in [2.24, 2.45) is 0 Å². The van der Waals surface area contributed by atoms with Gasteiger partial charge in [0, 0.05) is 18.4 Å². The monoisotopic (exact) mass is 395 g/mol. The zero-order valence-electron chi connectivity index (χ0n) is 12.8. The van der Waals surface area contributed by atoms with Crippen LogP contribution in [0.1, 0.15) is 12.3 Å². The van der Waals surface area contributed by atoms with Crippen molar-refractivity contribution in [3.63, 3.8) is 0 Å². The zero-order valence-corrected chi connectivity index (χ0v) is 15.1. The van der Waals surface area contributed by atoms with Gasteiger partial charge in [-0.3, -0.25) is 4.79 Å². The average molecular weight is 397 g/mol. The zero-order chi connectivity index (χ0) is 17.8. The molecule has 0 radical (unpaired) electrons. The van der Waals surface area contributed by atoms with Crippen LogP contribution in [0.4, 0.5) is 5.69 Å². The Balaban J connectivity index is 1.63. The number of rotatable bonds is 5. The topological polar surface area (TPSA) is 68.0 Å². The number of hydrogen-bond acceptors (Lipinski definition) is 4. The molecule has 8 heteroatoms. The van der Waals surface area contributed by atoms with Gasteiger partial charge in [-0.25, -0.2) is 0 Å². The van der Waals surface area contributed by atoms with E-state index in [1.165, 1.54) is 0 Å². The quantitative estimate of drug-likeness (QED) is 0.638. The first-order valence-corrected chi connectivity index (χ1v) is 8.49. The Morgan fingerprint density at radius 2 is 1.68 bits per heavy atom. The molecule has 0 spiro atoms. The molecule has 0 saturated carbocycles. The highest BCUT2D eigenvalue weighted by atomic mass is 35.5. The number of para-hydroxylation sites is 1. The molecular weight excluding hydrogens is 385 g/mol. The van der Waals surface area contributed by atoms with Crippen molar-refractivity contribution < 1.29 is 9.32 Å². The van der Waals surface area contributed by atoms with E-state index < -0.39 is 0 Å². The molecule has 25 heavy (non-hydrogen) atoms. The van der Waals surface area contributed by atoms with Crippen molar-refractivity contribution in [1.82, 2.24) is 10.1 Å². The van der Waals surface area contributed by atoms with Crippen LogP contribution in [0.3, 0.4) is 0 Å². The van der Waals surface area contributed by atoms with Gasteiger partial charge in [-0.05, 0) is 24.3 Å². The second-order valence-corrected chi connectivity index (χ2v) is 6.36. The summed E-state index contributed by atoms with van der Waals surface area (Å²) in [6.45, 7) is 0. The third-order valence-electron chi connectivity index (χ3n) is 3.38. The maximum Gasteiger partial charge on any atom is 0.227 e. The van der Waals surface area contributed by atoms with Gasteiger partial charge in [0.15, 0.2) is 0 Å². The summed E-state index contributed by atoms with van der Waals surface area (Å²) in [5, 5.41) is 7.85. The van der Waals surface area contributed by atoms with Crippen LogP contribution >= 0.6 is 34.8 Å². The van der Waals surface area contributed by atoms with Crippen molar-refractivity contribution in [2.75, 3.05) is 5.32 Å². The summed E-state index contributed by atoms with van der Waals surface area (Å²) in [7, 11) is 0. The minimum absolute atomic E-state index is 0.145. The van der Waals surface area contributed by atoms with Crippen LogP contribution in [0.2, 0.25) is 15.1 Å². The highest BCUT2D eigenvalue weighted by Gasteiger charge is 2.14. The number of benzene rings is 2. The van der Waals surface area contributed by atoms with Gasteiger partial charge in [-0.2, -0.15) is 4.98 Å². The summed E-state index contributed by atoms with van der Waals surface area (Å²) in [6.07, 6.45) is 0.428. The number of nitrogens with zero attached hydrogens (tertiary/aromatic N) is 2. The molecule has 0 atom stereocenters. The lowest BCUT2D eigenvalue weighted by Gasteiger charge is -2.08. The number of aryl methyl sites for hydroxylation is 1. The second kappa shape index (κ2) is 7.87. The lowest BCUT2D eigenvalue weighted by atomic mass is 10.2. The van der Waals surface area contributed by atoms with Gasteiger partial charge in [0.25, 0.3) is 0 Å². The Labute approximate surface area is 158 Å². The summed E-state index contributed by atoms with van der Waals surface area (Å²) in [6, 6.07) is 12.2. The number of carbonyl (C=O) groups is 1. The second-order valence-electron chi connectivity index (χ2n) is 5.14. The van der Waals surface area contributed by atoms with E-state index in [-0.39, 0.29) is 18.7 Å². The number of amides is 1. The van der Waals surface area contributed by atoms with Crippen LogP contribution < -0.4 is 5.32 Å².